The normalized spacial score (nSPS) is 10.3. The van der Waals surface area contributed by atoms with Crippen LogP contribution in [0.5, 0.6) is 0 Å². The highest BCUT2D eigenvalue weighted by Crippen LogP contribution is 2.29. The van der Waals surface area contributed by atoms with Gasteiger partial charge in [-0.25, -0.2) is 9.78 Å². The number of benzene rings is 1. The van der Waals surface area contributed by atoms with Crippen molar-refractivity contribution in [1.82, 2.24) is 4.98 Å². The molecule has 0 fully saturated rings. The molecule has 0 atom stereocenters. The van der Waals surface area contributed by atoms with Gasteiger partial charge in [-0.3, -0.25) is 10.1 Å². The number of hydrogen-bond donors (Lipinski definition) is 1. The first kappa shape index (κ1) is 15.5. The fourth-order valence-corrected chi connectivity index (χ4v) is 3.16. The van der Waals surface area contributed by atoms with E-state index in [4.69, 9.17) is 5.11 Å². The standard InChI is InChI=1S/C13H9BrN2O4S/c14-11-5-9(16(19)20)2-1-8(11)7-21-10-3-4-15-12(6-10)13(17)18/h1-6H,7H2,(H,17,18). The molecule has 0 aliphatic carbocycles. The van der Waals surface area contributed by atoms with Gasteiger partial charge < -0.3 is 5.11 Å². The average molecular weight is 369 g/mol. The fourth-order valence-electron chi connectivity index (χ4n) is 1.55. The van der Waals surface area contributed by atoms with Gasteiger partial charge in [-0.15, -0.1) is 11.8 Å². The van der Waals surface area contributed by atoms with Crippen LogP contribution in [0.2, 0.25) is 0 Å². The third-order valence-corrected chi connectivity index (χ3v) is 4.37. The largest absolute Gasteiger partial charge is 0.477 e. The number of rotatable bonds is 5. The van der Waals surface area contributed by atoms with E-state index in [1.54, 1.807) is 12.1 Å². The zero-order valence-corrected chi connectivity index (χ0v) is 12.9. The minimum Gasteiger partial charge on any atom is -0.477 e. The van der Waals surface area contributed by atoms with Crippen LogP contribution in [0.25, 0.3) is 0 Å². The van der Waals surface area contributed by atoms with Crippen LogP contribution in [0, 0.1) is 10.1 Å². The van der Waals surface area contributed by atoms with Gasteiger partial charge in [0.15, 0.2) is 0 Å². The Labute approximate surface area is 132 Å². The first-order valence-corrected chi connectivity index (χ1v) is 7.50. The number of non-ortho nitro benzene ring substituents is 1. The van der Waals surface area contributed by atoms with Crippen molar-refractivity contribution in [3.63, 3.8) is 0 Å². The second-order valence-electron chi connectivity index (χ2n) is 4.00. The van der Waals surface area contributed by atoms with Crippen molar-refractivity contribution in [2.24, 2.45) is 0 Å². The predicted octanol–water partition coefficient (Wildman–Crippen LogP) is 3.74. The van der Waals surface area contributed by atoms with E-state index >= 15 is 0 Å². The second kappa shape index (κ2) is 6.68. The zero-order chi connectivity index (χ0) is 15.4. The lowest BCUT2D eigenvalue weighted by molar-refractivity contribution is -0.384. The van der Waals surface area contributed by atoms with E-state index < -0.39 is 10.9 Å². The molecule has 0 spiro atoms. The van der Waals surface area contributed by atoms with E-state index in [9.17, 15) is 14.9 Å². The smallest absolute Gasteiger partial charge is 0.354 e. The molecule has 0 bridgehead atoms. The number of nitro benzene ring substituents is 1. The van der Waals surface area contributed by atoms with Gasteiger partial charge in [0.1, 0.15) is 5.69 Å². The summed E-state index contributed by atoms with van der Waals surface area (Å²) in [6.07, 6.45) is 1.44. The maximum atomic E-state index is 10.8. The quantitative estimate of drug-likeness (QED) is 0.490. The Morgan fingerprint density at radius 2 is 2.14 bits per heavy atom. The lowest BCUT2D eigenvalue weighted by Gasteiger charge is -2.05. The van der Waals surface area contributed by atoms with Gasteiger partial charge in [-0.1, -0.05) is 22.0 Å². The maximum absolute atomic E-state index is 10.8. The van der Waals surface area contributed by atoms with Crippen LogP contribution >= 0.6 is 27.7 Å². The van der Waals surface area contributed by atoms with Crippen LogP contribution in [-0.2, 0) is 5.75 Å². The zero-order valence-electron chi connectivity index (χ0n) is 10.5. The summed E-state index contributed by atoms with van der Waals surface area (Å²) < 4.78 is 0.650. The van der Waals surface area contributed by atoms with E-state index in [-0.39, 0.29) is 11.4 Å². The third kappa shape index (κ3) is 4.02. The number of nitro groups is 1. The van der Waals surface area contributed by atoms with Crippen LogP contribution in [0.4, 0.5) is 5.69 Å². The second-order valence-corrected chi connectivity index (χ2v) is 5.91. The molecule has 2 rings (SSSR count). The third-order valence-electron chi connectivity index (χ3n) is 2.59. The Kier molecular flexibility index (Phi) is 4.92. The molecule has 1 heterocycles. The van der Waals surface area contributed by atoms with Crippen LogP contribution in [0.3, 0.4) is 0 Å². The van der Waals surface area contributed by atoms with Crippen LogP contribution in [-0.4, -0.2) is 21.0 Å². The molecule has 0 saturated heterocycles. The van der Waals surface area contributed by atoms with E-state index in [2.05, 4.69) is 20.9 Å². The van der Waals surface area contributed by atoms with Crippen molar-refractivity contribution in [2.45, 2.75) is 10.6 Å². The summed E-state index contributed by atoms with van der Waals surface area (Å²) in [5, 5.41) is 19.5. The lowest BCUT2D eigenvalue weighted by Crippen LogP contribution is -1.99. The summed E-state index contributed by atoms with van der Waals surface area (Å²) in [5.74, 6) is -0.518. The van der Waals surface area contributed by atoms with E-state index in [1.807, 2.05) is 0 Å². The molecule has 2 aromatic rings. The number of carboxylic acid groups (broad SMARTS) is 1. The highest BCUT2D eigenvalue weighted by atomic mass is 79.9. The Balaban J connectivity index is 2.11. The van der Waals surface area contributed by atoms with Gasteiger partial charge in [0.05, 0.1) is 4.92 Å². The molecule has 108 valence electrons. The monoisotopic (exact) mass is 368 g/mol. The first-order valence-electron chi connectivity index (χ1n) is 5.72. The van der Waals surface area contributed by atoms with Crippen molar-refractivity contribution < 1.29 is 14.8 Å². The van der Waals surface area contributed by atoms with Gasteiger partial charge in [-0.2, -0.15) is 0 Å². The minimum atomic E-state index is -1.08. The molecular formula is C13H9BrN2O4S. The van der Waals surface area contributed by atoms with Crippen LogP contribution < -0.4 is 0 Å². The summed E-state index contributed by atoms with van der Waals surface area (Å²) >= 11 is 4.73. The van der Waals surface area contributed by atoms with Crippen LogP contribution in [0.15, 0.2) is 45.9 Å². The van der Waals surface area contributed by atoms with Gasteiger partial charge in [0.25, 0.3) is 5.69 Å². The Morgan fingerprint density at radius 1 is 1.38 bits per heavy atom. The number of carbonyl (C=O) groups is 1. The average Bonchev–Trinajstić information content (AvgIpc) is 2.46. The maximum Gasteiger partial charge on any atom is 0.354 e. The van der Waals surface area contributed by atoms with E-state index in [0.29, 0.717) is 10.2 Å². The van der Waals surface area contributed by atoms with E-state index in [1.165, 1.54) is 36.2 Å². The van der Waals surface area contributed by atoms with Crippen molar-refractivity contribution in [2.75, 3.05) is 0 Å². The molecule has 0 aliphatic rings. The highest BCUT2D eigenvalue weighted by molar-refractivity contribution is 9.10. The molecule has 6 nitrogen and oxygen atoms in total. The first-order chi connectivity index (χ1) is 9.97. The molecule has 0 aliphatic heterocycles. The van der Waals surface area contributed by atoms with Crippen molar-refractivity contribution in [3.05, 3.63) is 62.4 Å². The highest BCUT2D eigenvalue weighted by Gasteiger charge is 2.10. The molecule has 8 heteroatoms. The molecule has 0 unspecified atom stereocenters. The van der Waals surface area contributed by atoms with Gasteiger partial charge in [-0.05, 0) is 17.7 Å². The van der Waals surface area contributed by atoms with Gasteiger partial charge in [0.2, 0.25) is 0 Å². The van der Waals surface area contributed by atoms with E-state index in [0.717, 1.165) is 10.5 Å². The molecule has 0 radical (unpaired) electrons. The number of aromatic nitrogens is 1. The molecule has 21 heavy (non-hydrogen) atoms. The number of thioether (sulfide) groups is 1. The molecule has 1 aromatic carbocycles. The number of halogens is 1. The van der Waals surface area contributed by atoms with Crippen molar-refractivity contribution in [3.8, 4) is 0 Å². The summed E-state index contributed by atoms with van der Waals surface area (Å²) in [4.78, 5) is 25.6. The Bertz CT molecular complexity index is 708. The van der Waals surface area contributed by atoms with Gasteiger partial charge in [0, 0.05) is 33.5 Å². The number of aromatic carboxylic acids is 1. The minimum absolute atomic E-state index is 0.0113. The Morgan fingerprint density at radius 3 is 2.76 bits per heavy atom. The topological polar surface area (TPSA) is 93.3 Å². The fraction of sp³-hybridized carbons (Fsp3) is 0.0769. The van der Waals surface area contributed by atoms with Crippen LogP contribution in [0.1, 0.15) is 16.1 Å². The molecular weight excluding hydrogens is 360 g/mol. The van der Waals surface area contributed by atoms with Crippen molar-refractivity contribution in [1.29, 1.82) is 0 Å². The molecule has 1 N–H and O–H groups in total. The molecule has 0 saturated carbocycles. The van der Waals surface area contributed by atoms with Gasteiger partial charge >= 0.3 is 5.97 Å². The lowest BCUT2D eigenvalue weighted by atomic mass is 10.2. The number of carboxylic acids is 1. The number of hydrogen-bond acceptors (Lipinski definition) is 5. The predicted molar refractivity (Wildman–Crippen MR) is 81.6 cm³/mol. The van der Waals surface area contributed by atoms with Crippen molar-refractivity contribution >= 4 is 39.3 Å². The SMILES string of the molecule is O=C(O)c1cc(SCc2ccc([N+](=O)[O-])cc2Br)ccn1. The summed E-state index contributed by atoms with van der Waals surface area (Å²) in [6.45, 7) is 0. The summed E-state index contributed by atoms with van der Waals surface area (Å²) in [6, 6.07) is 7.78. The number of nitrogens with zero attached hydrogens (tertiary/aromatic N) is 2. The Hall–Kier alpha value is -1.93. The molecule has 0 amide bonds. The number of pyridine rings is 1. The molecule has 1 aromatic heterocycles. The summed E-state index contributed by atoms with van der Waals surface area (Å²) in [5.41, 5.74) is 0.898. The summed E-state index contributed by atoms with van der Waals surface area (Å²) in [7, 11) is 0.